The average molecular weight is 575 g/mol. The van der Waals surface area contributed by atoms with Crippen molar-refractivity contribution in [3.05, 3.63) is 126 Å². The minimum Gasteiger partial charge on any atom is -0.443 e. The lowest BCUT2D eigenvalue weighted by molar-refractivity contribution is 0.187. The minimum atomic E-state index is -1.38. The van der Waals surface area contributed by atoms with Crippen LogP contribution >= 0.6 is 16.8 Å². The summed E-state index contributed by atoms with van der Waals surface area (Å²) in [6, 6.07) is 37.8. The second-order valence-electron chi connectivity index (χ2n) is 10.6. The van der Waals surface area contributed by atoms with Gasteiger partial charge in [-0.1, -0.05) is 84.9 Å². The van der Waals surface area contributed by atoms with Crippen LogP contribution < -0.4 is 24.2 Å². The monoisotopic (exact) mass is 574 g/mol. The van der Waals surface area contributed by atoms with E-state index in [4.69, 9.17) is 18.1 Å². The number of rotatable bonds is 4. The third-order valence-electron chi connectivity index (χ3n) is 8.03. The molecular formula is C35H28O4P2. The summed E-state index contributed by atoms with van der Waals surface area (Å²) in [5.41, 5.74) is 8.09. The zero-order valence-corrected chi connectivity index (χ0v) is 24.4. The third kappa shape index (κ3) is 4.34. The second kappa shape index (κ2) is 10.3. The molecule has 202 valence electrons. The van der Waals surface area contributed by atoms with Gasteiger partial charge in [0.2, 0.25) is 0 Å². The van der Waals surface area contributed by atoms with E-state index in [0.29, 0.717) is 0 Å². The van der Waals surface area contributed by atoms with E-state index in [9.17, 15) is 0 Å². The molecule has 6 heteroatoms. The van der Waals surface area contributed by atoms with Gasteiger partial charge >= 0.3 is 8.38 Å². The van der Waals surface area contributed by atoms with E-state index in [1.54, 1.807) is 0 Å². The van der Waals surface area contributed by atoms with Crippen molar-refractivity contribution < 1.29 is 18.1 Å². The van der Waals surface area contributed by atoms with Crippen LogP contribution in [-0.4, -0.2) is 0 Å². The van der Waals surface area contributed by atoms with Gasteiger partial charge in [0.05, 0.1) is 16.7 Å². The van der Waals surface area contributed by atoms with Gasteiger partial charge in [-0.3, -0.25) is 0 Å². The quantitative estimate of drug-likeness (QED) is 0.201. The van der Waals surface area contributed by atoms with Gasteiger partial charge in [-0.05, 0) is 72.7 Å². The first-order valence-electron chi connectivity index (χ1n) is 14.0. The second-order valence-corrected chi connectivity index (χ2v) is 13.3. The van der Waals surface area contributed by atoms with Gasteiger partial charge < -0.3 is 18.1 Å². The van der Waals surface area contributed by atoms with Gasteiger partial charge in [0.25, 0.3) is 8.38 Å². The van der Waals surface area contributed by atoms with E-state index in [1.165, 1.54) is 16.7 Å². The molecular weight excluding hydrogens is 546 g/mol. The Balaban J connectivity index is 1.17. The maximum Gasteiger partial charge on any atom is 0.326 e. The molecule has 0 radical (unpaired) electrons. The fourth-order valence-electron chi connectivity index (χ4n) is 6.05. The highest BCUT2D eigenvalue weighted by molar-refractivity contribution is 7.57. The van der Waals surface area contributed by atoms with Crippen molar-refractivity contribution in [1.29, 1.82) is 0 Å². The Labute approximate surface area is 242 Å². The van der Waals surface area contributed by atoms with Crippen LogP contribution in [0.5, 0.6) is 17.2 Å². The lowest BCUT2D eigenvalue weighted by Gasteiger charge is -2.34. The van der Waals surface area contributed by atoms with Gasteiger partial charge in [0.1, 0.15) is 17.2 Å². The SMILES string of the molecule is Cc1ccc2c(c1OP1Oc3ccccc3-c3ccccc31)C(OP1Oc3ccccc3-c3ccccc31)CCC2. The predicted molar refractivity (Wildman–Crippen MR) is 167 cm³/mol. The largest absolute Gasteiger partial charge is 0.443 e. The fraction of sp³-hybridized carbons (Fsp3) is 0.143. The highest BCUT2D eigenvalue weighted by Crippen LogP contribution is 2.56. The van der Waals surface area contributed by atoms with Crippen molar-refractivity contribution in [2.45, 2.75) is 32.3 Å². The van der Waals surface area contributed by atoms with E-state index in [2.05, 4.69) is 91.9 Å². The molecule has 4 nitrogen and oxygen atoms in total. The van der Waals surface area contributed by atoms with Crippen LogP contribution in [0.25, 0.3) is 22.3 Å². The molecule has 5 aromatic rings. The van der Waals surface area contributed by atoms with Crippen LogP contribution in [0.1, 0.15) is 35.6 Å². The summed E-state index contributed by atoms with van der Waals surface area (Å²) in [4.78, 5) is 0. The molecule has 0 spiro atoms. The maximum absolute atomic E-state index is 6.98. The molecule has 8 rings (SSSR count). The highest BCUT2D eigenvalue weighted by Gasteiger charge is 2.36. The molecule has 2 aliphatic heterocycles. The summed E-state index contributed by atoms with van der Waals surface area (Å²) >= 11 is 0. The molecule has 3 unspecified atom stereocenters. The van der Waals surface area contributed by atoms with Crippen molar-refractivity contribution >= 4 is 27.4 Å². The number of hydrogen-bond acceptors (Lipinski definition) is 4. The van der Waals surface area contributed by atoms with Crippen LogP contribution in [0.2, 0.25) is 0 Å². The Kier molecular flexibility index (Phi) is 6.30. The van der Waals surface area contributed by atoms with Gasteiger partial charge in [-0.15, -0.1) is 0 Å². The number of para-hydroxylation sites is 2. The van der Waals surface area contributed by atoms with E-state index in [0.717, 1.165) is 69.4 Å². The molecule has 0 saturated heterocycles. The van der Waals surface area contributed by atoms with Crippen LogP contribution in [-0.2, 0) is 10.9 Å². The van der Waals surface area contributed by atoms with Crippen molar-refractivity contribution in [2.75, 3.05) is 0 Å². The lowest BCUT2D eigenvalue weighted by Crippen LogP contribution is -2.21. The molecule has 5 aromatic carbocycles. The zero-order chi connectivity index (χ0) is 27.3. The van der Waals surface area contributed by atoms with Gasteiger partial charge in [-0.25, -0.2) is 0 Å². The molecule has 1 aliphatic carbocycles. The summed E-state index contributed by atoms with van der Waals surface area (Å²) < 4.78 is 27.0. The highest BCUT2D eigenvalue weighted by atomic mass is 31.2. The Morgan fingerprint density at radius 2 is 1.20 bits per heavy atom. The fourth-order valence-corrected chi connectivity index (χ4v) is 9.26. The predicted octanol–water partition coefficient (Wildman–Crippen LogP) is 9.16. The third-order valence-corrected chi connectivity index (χ3v) is 11.1. The van der Waals surface area contributed by atoms with E-state index < -0.39 is 16.8 Å². The van der Waals surface area contributed by atoms with Crippen LogP contribution in [0.15, 0.2) is 109 Å². The summed E-state index contributed by atoms with van der Waals surface area (Å²) in [5.74, 6) is 2.62. The molecule has 0 N–H and O–H groups in total. The van der Waals surface area contributed by atoms with E-state index in [1.807, 2.05) is 24.3 Å². The molecule has 3 atom stereocenters. The molecule has 0 fully saturated rings. The Bertz CT molecular complexity index is 1780. The Morgan fingerprint density at radius 3 is 1.88 bits per heavy atom. The molecule has 0 aromatic heterocycles. The normalized spacial score (nSPS) is 19.8. The lowest BCUT2D eigenvalue weighted by atomic mass is 9.87. The van der Waals surface area contributed by atoms with Crippen LogP contribution in [0.3, 0.4) is 0 Å². The van der Waals surface area contributed by atoms with Crippen LogP contribution in [0.4, 0.5) is 0 Å². The van der Waals surface area contributed by atoms with Crippen molar-refractivity contribution in [3.63, 3.8) is 0 Å². The Hall–Kier alpha value is -3.68. The first-order valence-corrected chi connectivity index (χ1v) is 16.4. The van der Waals surface area contributed by atoms with Gasteiger partial charge in [-0.2, -0.15) is 0 Å². The maximum atomic E-state index is 6.98. The molecule has 0 saturated carbocycles. The minimum absolute atomic E-state index is 0.139. The van der Waals surface area contributed by atoms with Crippen LogP contribution in [0, 0.1) is 6.92 Å². The zero-order valence-electron chi connectivity index (χ0n) is 22.6. The molecule has 3 aliphatic rings. The number of hydrogen-bond donors (Lipinski definition) is 0. The number of aryl methyl sites for hydroxylation is 2. The van der Waals surface area contributed by atoms with Crippen molar-refractivity contribution in [1.82, 2.24) is 0 Å². The summed E-state index contributed by atoms with van der Waals surface area (Å²) in [6.07, 6.45) is 2.84. The molecule has 0 bridgehead atoms. The first-order chi connectivity index (χ1) is 20.2. The smallest absolute Gasteiger partial charge is 0.326 e. The average Bonchev–Trinajstić information content (AvgIpc) is 3.02. The van der Waals surface area contributed by atoms with Crippen molar-refractivity contribution in [2.24, 2.45) is 0 Å². The number of benzene rings is 5. The standard InChI is InChI=1S/C35H28O4P2/c1-23-21-22-24-11-10-18-31(38-40-32-19-8-4-14-27(32)25-12-2-6-16-29(25)36-40)34(24)35(23)39-41-33-20-9-5-15-28(33)26-13-3-7-17-30(26)37-41/h2-9,12-17,19-22,31H,10-11,18H2,1H3. The van der Waals surface area contributed by atoms with Gasteiger partial charge in [0.15, 0.2) is 0 Å². The summed E-state index contributed by atoms with van der Waals surface area (Å²) in [7, 11) is -2.70. The molecule has 2 heterocycles. The van der Waals surface area contributed by atoms with Crippen molar-refractivity contribution in [3.8, 4) is 39.5 Å². The van der Waals surface area contributed by atoms with E-state index in [-0.39, 0.29) is 6.10 Å². The van der Waals surface area contributed by atoms with Gasteiger partial charge in [0, 0.05) is 16.7 Å². The Morgan fingerprint density at radius 1 is 0.634 bits per heavy atom. The van der Waals surface area contributed by atoms with E-state index >= 15 is 0 Å². The number of fused-ring (bicyclic) bond motifs is 7. The summed E-state index contributed by atoms with van der Waals surface area (Å²) in [6.45, 7) is 2.12. The summed E-state index contributed by atoms with van der Waals surface area (Å²) in [5, 5.41) is 2.21. The first kappa shape index (κ1) is 25.1. The molecule has 41 heavy (non-hydrogen) atoms. The molecule has 0 amide bonds. The topological polar surface area (TPSA) is 36.9 Å².